The monoisotopic (exact) mass is 502 g/mol. The maximum atomic E-state index is 13.9. The number of morpholine rings is 1. The molecule has 0 atom stereocenters. The molecule has 0 saturated carbocycles. The highest BCUT2D eigenvalue weighted by atomic mass is 35.5. The van der Waals surface area contributed by atoms with Crippen LogP contribution in [-0.4, -0.2) is 67.6 Å². The normalized spacial score (nSPS) is 17.8. The van der Waals surface area contributed by atoms with E-state index in [1.165, 1.54) is 6.07 Å². The second-order valence-electron chi connectivity index (χ2n) is 9.39. The standard InChI is InChI=1S/C27H32ClFN2O4/c28-22-5-3-6-23(18-22)35-20-27(19-26(33)31-14-16-34-17-15-31)10-12-30(13-11-27)25(32)9-8-21-4-1-2-7-24(21)29/h1-7,18H,8-17,19-20H2. The summed E-state index contributed by atoms with van der Waals surface area (Å²) in [5.41, 5.74) is 0.179. The third-order valence-electron chi connectivity index (χ3n) is 6.97. The van der Waals surface area contributed by atoms with Crippen LogP contribution in [-0.2, 0) is 20.7 Å². The number of ether oxygens (including phenoxy) is 2. The number of likely N-dealkylation sites (tertiary alicyclic amines) is 1. The molecule has 2 heterocycles. The molecule has 6 nitrogen and oxygen atoms in total. The van der Waals surface area contributed by atoms with E-state index in [2.05, 4.69) is 0 Å². The summed E-state index contributed by atoms with van der Waals surface area (Å²) in [6.07, 6.45) is 2.33. The van der Waals surface area contributed by atoms with Crippen molar-refractivity contribution in [2.24, 2.45) is 5.41 Å². The molecule has 8 heteroatoms. The summed E-state index contributed by atoms with van der Waals surface area (Å²) in [4.78, 5) is 29.7. The molecule has 0 unspecified atom stereocenters. The summed E-state index contributed by atoms with van der Waals surface area (Å²) < 4.78 is 25.4. The van der Waals surface area contributed by atoms with Gasteiger partial charge in [0.1, 0.15) is 11.6 Å². The van der Waals surface area contributed by atoms with Crippen molar-refractivity contribution in [1.29, 1.82) is 0 Å². The lowest BCUT2D eigenvalue weighted by molar-refractivity contribution is -0.141. The van der Waals surface area contributed by atoms with Gasteiger partial charge in [-0.1, -0.05) is 35.9 Å². The lowest BCUT2D eigenvalue weighted by atomic mass is 9.75. The highest BCUT2D eigenvalue weighted by molar-refractivity contribution is 6.30. The molecule has 0 aliphatic carbocycles. The molecule has 35 heavy (non-hydrogen) atoms. The topological polar surface area (TPSA) is 59.1 Å². The molecule has 0 bridgehead atoms. The Morgan fingerprint density at radius 1 is 0.971 bits per heavy atom. The van der Waals surface area contributed by atoms with Crippen LogP contribution in [0.25, 0.3) is 0 Å². The average molecular weight is 503 g/mol. The van der Waals surface area contributed by atoms with Gasteiger partial charge in [0, 0.05) is 49.5 Å². The number of nitrogens with zero attached hydrogens (tertiary/aromatic N) is 2. The van der Waals surface area contributed by atoms with Gasteiger partial charge in [-0.3, -0.25) is 9.59 Å². The Morgan fingerprint density at radius 2 is 1.69 bits per heavy atom. The van der Waals surface area contributed by atoms with E-state index in [4.69, 9.17) is 21.1 Å². The number of piperidine rings is 1. The van der Waals surface area contributed by atoms with Gasteiger partial charge in [-0.15, -0.1) is 0 Å². The third kappa shape index (κ3) is 6.95. The summed E-state index contributed by atoms with van der Waals surface area (Å²) >= 11 is 6.10. The molecule has 2 aliphatic heterocycles. The molecule has 0 radical (unpaired) electrons. The van der Waals surface area contributed by atoms with E-state index < -0.39 is 0 Å². The van der Waals surface area contributed by atoms with Gasteiger partial charge in [0.05, 0.1) is 19.8 Å². The number of carbonyl (C=O) groups is 2. The summed E-state index contributed by atoms with van der Waals surface area (Å²) in [6, 6.07) is 13.8. The van der Waals surface area contributed by atoms with Crippen molar-refractivity contribution in [2.45, 2.75) is 32.1 Å². The van der Waals surface area contributed by atoms with E-state index in [0.717, 1.165) is 0 Å². The maximum Gasteiger partial charge on any atom is 0.223 e. The first-order chi connectivity index (χ1) is 16.9. The minimum atomic E-state index is -0.375. The van der Waals surface area contributed by atoms with Crippen LogP contribution in [0.2, 0.25) is 5.02 Å². The van der Waals surface area contributed by atoms with E-state index >= 15 is 0 Å². The fourth-order valence-corrected chi connectivity index (χ4v) is 4.92. The zero-order chi connectivity index (χ0) is 24.7. The van der Waals surface area contributed by atoms with Gasteiger partial charge >= 0.3 is 0 Å². The fraction of sp³-hybridized carbons (Fsp3) is 0.481. The number of amides is 2. The SMILES string of the molecule is O=C(CCc1ccccc1F)N1CCC(COc2cccc(Cl)c2)(CC(=O)N2CCOCC2)CC1. The Balaban J connectivity index is 1.38. The van der Waals surface area contributed by atoms with Gasteiger partial charge in [-0.25, -0.2) is 4.39 Å². The van der Waals surface area contributed by atoms with Crippen molar-refractivity contribution in [2.75, 3.05) is 46.0 Å². The predicted octanol–water partition coefficient (Wildman–Crippen LogP) is 4.35. The molecule has 2 fully saturated rings. The predicted molar refractivity (Wildman–Crippen MR) is 132 cm³/mol. The Morgan fingerprint density at radius 3 is 2.40 bits per heavy atom. The van der Waals surface area contributed by atoms with Crippen LogP contribution >= 0.6 is 11.6 Å². The average Bonchev–Trinajstić information content (AvgIpc) is 2.88. The van der Waals surface area contributed by atoms with Gasteiger partial charge in [0.2, 0.25) is 11.8 Å². The van der Waals surface area contributed by atoms with E-state index in [0.29, 0.717) is 88.0 Å². The number of halogens is 2. The first kappa shape index (κ1) is 25.5. The Bertz CT molecular complexity index is 1020. The second-order valence-corrected chi connectivity index (χ2v) is 9.82. The molecule has 2 amide bonds. The van der Waals surface area contributed by atoms with Gasteiger partial charge < -0.3 is 19.3 Å². The molecular weight excluding hydrogens is 471 g/mol. The number of hydrogen-bond donors (Lipinski definition) is 0. The van der Waals surface area contributed by atoms with Gasteiger partial charge in [-0.05, 0) is 49.1 Å². The Hall–Kier alpha value is -2.64. The van der Waals surface area contributed by atoms with Crippen LogP contribution in [0, 0.1) is 11.2 Å². The highest BCUT2D eigenvalue weighted by Crippen LogP contribution is 2.37. The third-order valence-corrected chi connectivity index (χ3v) is 7.21. The molecule has 0 N–H and O–H groups in total. The van der Waals surface area contributed by atoms with Crippen molar-refractivity contribution < 1.29 is 23.5 Å². The van der Waals surface area contributed by atoms with Crippen molar-refractivity contribution in [3.05, 3.63) is 64.9 Å². The molecule has 0 aromatic heterocycles. The lowest BCUT2D eigenvalue weighted by Crippen LogP contribution is -2.49. The number of hydrogen-bond acceptors (Lipinski definition) is 4. The second kappa shape index (κ2) is 11.9. The molecule has 188 valence electrons. The summed E-state index contributed by atoms with van der Waals surface area (Å²) in [5.74, 6) is 0.497. The van der Waals surface area contributed by atoms with Crippen molar-refractivity contribution in [1.82, 2.24) is 9.80 Å². The number of rotatable bonds is 8. The van der Waals surface area contributed by atoms with Crippen LogP contribution in [0.15, 0.2) is 48.5 Å². The van der Waals surface area contributed by atoms with Crippen molar-refractivity contribution in [3.63, 3.8) is 0 Å². The number of benzene rings is 2. The maximum absolute atomic E-state index is 13.9. The largest absolute Gasteiger partial charge is 0.493 e. The first-order valence-corrected chi connectivity index (χ1v) is 12.6. The Labute approximate surface area is 210 Å². The van der Waals surface area contributed by atoms with Crippen molar-refractivity contribution in [3.8, 4) is 5.75 Å². The number of carbonyl (C=O) groups excluding carboxylic acids is 2. The molecular formula is C27H32ClFN2O4. The summed E-state index contributed by atoms with van der Waals surface area (Å²) in [7, 11) is 0. The van der Waals surface area contributed by atoms with Crippen molar-refractivity contribution >= 4 is 23.4 Å². The fourth-order valence-electron chi connectivity index (χ4n) is 4.74. The van der Waals surface area contributed by atoms with E-state index in [9.17, 15) is 14.0 Å². The molecule has 2 saturated heterocycles. The van der Waals surface area contributed by atoms with Gasteiger partial charge in [0.15, 0.2) is 0 Å². The number of aryl methyl sites for hydroxylation is 1. The Kier molecular flexibility index (Phi) is 8.63. The zero-order valence-corrected chi connectivity index (χ0v) is 20.6. The summed E-state index contributed by atoms with van der Waals surface area (Å²) in [5, 5.41) is 0.594. The smallest absolute Gasteiger partial charge is 0.223 e. The minimum Gasteiger partial charge on any atom is -0.493 e. The van der Waals surface area contributed by atoms with E-state index in [-0.39, 0.29) is 29.5 Å². The van der Waals surface area contributed by atoms with E-state index in [1.54, 1.807) is 30.3 Å². The minimum absolute atomic E-state index is 0.0112. The van der Waals surface area contributed by atoms with Crippen LogP contribution < -0.4 is 4.74 Å². The quantitative estimate of drug-likeness (QED) is 0.538. The highest BCUT2D eigenvalue weighted by Gasteiger charge is 2.39. The molecule has 2 aromatic carbocycles. The molecule has 2 aliphatic rings. The van der Waals surface area contributed by atoms with Crippen LogP contribution in [0.4, 0.5) is 4.39 Å². The molecule has 0 spiro atoms. The van der Waals surface area contributed by atoms with Crippen LogP contribution in [0.5, 0.6) is 5.75 Å². The zero-order valence-electron chi connectivity index (χ0n) is 19.9. The first-order valence-electron chi connectivity index (χ1n) is 12.2. The van der Waals surface area contributed by atoms with E-state index in [1.807, 2.05) is 21.9 Å². The molecule has 2 aromatic rings. The lowest BCUT2D eigenvalue weighted by Gasteiger charge is -2.42. The van der Waals surface area contributed by atoms with Crippen LogP contribution in [0.1, 0.15) is 31.2 Å². The van der Waals surface area contributed by atoms with Gasteiger partial charge in [0.25, 0.3) is 0 Å². The summed E-state index contributed by atoms with van der Waals surface area (Å²) in [6.45, 7) is 3.79. The van der Waals surface area contributed by atoms with Gasteiger partial charge in [-0.2, -0.15) is 0 Å². The molecule has 4 rings (SSSR count). The van der Waals surface area contributed by atoms with Crippen LogP contribution in [0.3, 0.4) is 0 Å².